The molecule has 0 saturated carbocycles. The average Bonchev–Trinajstić information content (AvgIpc) is 2.31. The van der Waals surface area contributed by atoms with Crippen LogP contribution < -0.4 is 5.32 Å². The molecular formula is C15H33NO3. The number of methoxy groups -OCH3 is 1. The van der Waals surface area contributed by atoms with E-state index in [0.29, 0.717) is 37.5 Å². The molecule has 0 bridgehead atoms. The van der Waals surface area contributed by atoms with E-state index in [9.17, 15) is 5.11 Å². The molecule has 0 aliphatic heterocycles. The van der Waals surface area contributed by atoms with E-state index in [1.807, 2.05) is 6.92 Å². The van der Waals surface area contributed by atoms with Crippen LogP contribution in [0.1, 0.15) is 34.6 Å². The van der Waals surface area contributed by atoms with Gasteiger partial charge in [-0.3, -0.25) is 0 Å². The molecule has 0 saturated heterocycles. The van der Waals surface area contributed by atoms with Crippen LogP contribution in [0.15, 0.2) is 0 Å². The third-order valence-corrected chi connectivity index (χ3v) is 3.45. The first kappa shape index (κ1) is 18.8. The van der Waals surface area contributed by atoms with Gasteiger partial charge in [-0.05, 0) is 31.2 Å². The summed E-state index contributed by atoms with van der Waals surface area (Å²) in [6.07, 6.45) is -0.432. The van der Waals surface area contributed by atoms with Crippen molar-refractivity contribution in [2.45, 2.75) is 46.8 Å². The maximum atomic E-state index is 9.83. The van der Waals surface area contributed by atoms with Gasteiger partial charge in [-0.25, -0.2) is 0 Å². The molecule has 0 rings (SSSR count). The maximum absolute atomic E-state index is 9.83. The third-order valence-electron chi connectivity index (χ3n) is 3.45. The highest BCUT2D eigenvalue weighted by Crippen LogP contribution is 2.19. The first-order valence-corrected chi connectivity index (χ1v) is 7.37. The molecule has 0 heterocycles. The lowest BCUT2D eigenvalue weighted by Crippen LogP contribution is -2.37. The van der Waals surface area contributed by atoms with Crippen molar-refractivity contribution < 1.29 is 14.6 Å². The SMILES string of the molecule is COCC(C)OCC(O)CNCC(C(C)C)C(C)C. The van der Waals surface area contributed by atoms with Crippen LogP contribution in [0, 0.1) is 17.8 Å². The number of aliphatic hydroxyl groups excluding tert-OH is 1. The van der Waals surface area contributed by atoms with E-state index in [1.54, 1.807) is 7.11 Å². The van der Waals surface area contributed by atoms with E-state index in [1.165, 1.54) is 0 Å². The summed E-state index contributed by atoms with van der Waals surface area (Å²) in [6.45, 7) is 13.4. The first-order valence-electron chi connectivity index (χ1n) is 7.37. The van der Waals surface area contributed by atoms with Crippen LogP contribution in [0.4, 0.5) is 0 Å². The topological polar surface area (TPSA) is 50.7 Å². The molecule has 0 aromatic heterocycles. The van der Waals surface area contributed by atoms with Crippen molar-refractivity contribution in [2.75, 3.05) is 33.4 Å². The van der Waals surface area contributed by atoms with Gasteiger partial charge in [-0.1, -0.05) is 27.7 Å². The Hall–Kier alpha value is -0.160. The minimum Gasteiger partial charge on any atom is -0.389 e. The number of aliphatic hydroxyl groups is 1. The molecule has 0 aliphatic carbocycles. The quantitative estimate of drug-likeness (QED) is 0.605. The molecule has 2 N–H and O–H groups in total. The van der Waals surface area contributed by atoms with Crippen molar-refractivity contribution in [1.82, 2.24) is 5.32 Å². The van der Waals surface area contributed by atoms with Gasteiger partial charge < -0.3 is 19.9 Å². The number of rotatable bonds is 11. The zero-order valence-electron chi connectivity index (χ0n) is 13.5. The van der Waals surface area contributed by atoms with Gasteiger partial charge >= 0.3 is 0 Å². The van der Waals surface area contributed by atoms with Gasteiger partial charge in [-0.2, -0.15) is 0 Å². The maximum Gasteiger partial charge on any atom is 0.0897 e. The fraction of sp³-hybridized carbons (Fsp3) is 1.00. The van der Waals surface area contributed by atoms with Crippen molar-refractivity contribution >= 4 is 0 Å². The molecule has 19 heavy (non-hydrogen) atoms. The smallest absolute Gasteiger partial charge is 0.0897 e. The second kappa shape index (κ2) is 10.6. The molecule has 0 aromatic rings. The fourth-order valence-corrected chi connectivity index (χ4v) is 2.27. The molecule has 116 valence electrons. The summed E-state index contributed by atoms with van der Waals surface area (Å²) < 4.78 is 10.5. The number of hydrogen-bond acceptors (Lipinski definition) is 4. The Morgan fingerprint density at radius 1 is 0.947 bits per heavy atom. The summed E-state index contributed by atoms with van der Waals surface area (Å²) in [7, 11) is 1.65. The molecule has 0 amide bonds. The molecule has 0 radical (unpaired) electrons. The normalized spacial score (nSPS) is 15.5. The van der Waals surface area contributed by atoms with Crippen LogP contribution in [-0.4, -0.2) is 50.7 Å². The van der Waals surface area contributed by atoms with Crippen LogP contribution in [0.3, 0.4) is 0 Å². The highest BCUT2D eigenvalue weighted by molar-refractivity contribution is 4.70. The monoisotopic (exact) mass is 275 g/mol. The minimum atomic E-state index is -0.459. The third kappa shape index (κ3) is 9.38. The van der Waals surface area contributed by atoms with Gasteiger partial charge in [0.1, 0.15) is 0 Å². The lowest BCUT2D eigenvalue weighted by Gasteiger charge is -2.26. The summed E-state index contributed by atoms with van der Waals surface area (Å²) in [5.41, 5.74) is 0. The number of ether oxygens (including phenoxy) is 2. The summed E-state index contributed by atoms with van der Waals surface area (Å²) in [6, 6.07) is 0. The van der Waals surface area contributed by atoms with E-state index >= 15 is 0 Å². The van der Waals surface area contributed by atoms with Crippen LogP contribution in [0.5, 0.6) is 0 Å². The Kier molecular flexibility index (Phi) is 10.5. The molecule has 4 heteroatoms. The molecule has 0 spiro atoms. The van der Waals surface area contributed by atoms with Gasteiger partial charge in [0.25, 0.3) is 0 Å². The Bertz CT molecular complexity index is 202. The highest BCUT2D eigenvalue weighted by atomic mass is 16.5. The van der Waals surface area contributed by atoms with Crippen molar-refractivity contribution in [3.63, 3.8) is 0 Å². The summed E-state index contributed by atoms with van der Waals surface area (Å²) in [4.78, 5) is 0. The first-order chi connectivity index (χ1) is 8.88. The van der Waals surface area contributed by atoms with Crippen molar-refractivity contribution in [1.29, 1.82) is 0 Å². The van der Waals surface area contributed by atoms with Gasteiger partial charge in [0, 0.05) is 13.7 Å². The molecular weight excluding hydrogens is 242 g/mol. The van der Waals surface area contributed by atoms with Crippen molar-refractivity contribution in [2.24, 2.45) is 17.8 Å². The Morgan fingerprint density at radius 2 is 1.53 bits per heavy atom. The lowest BCUT2D eigenvalue weighted by atomic mass is 9.85. The molecule has 2 unspecified atom stereocenters. The van der Waals surface area contributed by atoms with E-state index in [0.717, 1.165) is 6.54 Å². The molecule has 2 atom stereocenters. The van der Waals surface area contributed by atoms with Gasteiger partial charge in [0.15, 0.2) is 0 Å². The van der Waals surface area contributed by atoms with E-state index in [2.05, 4.69) is 33.0 Å². The largest absolute Gasteiger partial charge is 0.389 e. The molecule has 0 fully saturated rings. The Balaban J connectivity index is 3.75. The molecule has 0 aromatic carbocycles. The van der Waals surface area contributed by atoms with Crippen LogP contribution in [0.2, 0.25) is 0 Å². The van der Waals surface area contributed by atoms with Crippen molar-refractivity contribution in [3.05, 3.63) is 0 Å². The summed E-state index contributed by atoms with van der Waals surface area (Å²) >= 11 is 0. The van der Waals surface area contributed by atoms with Crippen LogP contribution >= 0.6 is 0 Å². The van der Waals surface area contributed by atoms with Crippen LogP contribution in [0.25, 0.3) is 0 Å². The second-order valence-electron chi connectivity index (χ2n) is 6.06. The minimum absolute atomic E-state index is 0.0266. The summed E-state index contributed by atoms with van der Waals surface area (Å²) in [5.74, 6) is 1.95. The Morgan fingerprint density at radius 3 is 2.00 bits per heavy atom. The van der Waals surface area contributed by atoms with E-state index in [4.69, 9.17) is 9.47 Å². The summed E-state index contributed by atoms with van der Waals surface area (Å²) in [5, 5.41) is 13.2. The standard InChI is InChI=1S/C15H33NO3/c1-11(2)15(12(3)4)8-16-7-14(17)10-19-13(5)9-18-6/h11-17H,7-10H2,1-6H3. The van der Waals surface area contributed by atoms with Gasteiger partial charge in [-0.15, -0.1) is 0 Å². The molecule has 0 aliphatic rings. The highest BCUT2D eigenvalue weighted by Gasteiger charge is 2.17. The van der Waals surface area contributed by atoms with E-state index in [-0.39, 0.29) is 6.10 Å². The number of nitrogens with one attached hydrogen (secondary N) is 1. The van der Waals surface area contributed by atoms with Crippen molar-refractivity contribution in [3.8, 4) is 0 Å². The van der Waals surface area contributed by atoms with Gasteiger partial charge in [0.2, 0.25) is 0 Å². The zero-order valence-corrected chi connectivity index (χ0v) is 13.5. The fourth-order valence-electron chi connectivity index (χ4n) is 2.27. The number of hydrogen-bond donors (Lipinski definition) is 2. The predicted octanol–water partition coefficient (Wildman–Crippen LogP) is 1.92. The average molecular weight is 275 g/mol. The lowest BCUT2D eigenvalue weighted by molar-refractivity contribution is -0.0313. The second-order valence-corrected chi connectivity index (χ2v) is 6.06. The molecule has 4 nitrogen and oxygen atoms in total. The van der Waals surface area contributed by atoms with E-state index < -0.39 is 6.10 Å². The van der Waals surface area contributed by atoms with Crippen LogP contribution in [-0.2, 0) is 9.47 Å². The zero-order chi connectivity index (χ0) is 14.8. The Labute approximate surface area is 118 Å². The predicted molar refractivity (Wildman–Crippen MR) is 79.3 cm³/mol. The van der Waals surface area contributed by atoms with Gasteiger partial charge in [0.05, 0.1) is 25.4 Å².